The van der Waals surface area contributed by atoms with Crippen LogP contribution in [0.15, 0.2) is 54.7 Å². The van der Waals surface area contributed by atoms with E-state index in [1.165, 1.54) is 25.9 Å². The average molecular weight is 348 g/mol. The Balaban J connectivity index is 1.45. The molecule has 134 valence electrons. The van der Waals surface area contributed by atoms with Gasteiger partial charge in [0.05, 0.1) is 11.4 Å². The number of hydrogen-bond donors (Lipinski definition) is 3. The summed E-state index contributed by atoms with van der Waals surface area (Å²) in [7, 11) is 0. The third-order valence-electron chi connectivity index (χ3n) is 4.96. The van der Waals surface area contributed by atoms with Crippen molar-refractivity contribution in [2.24, 2.45) is 0 Å². The predicted octanol–water partition coefficient (Wildman–Crippen LogP) is 3.93. The molecule has 0 aliphatic carbocycles. The zero-order chi connectivity index (χ0) is 17.8. The van der Waals surface area contributed by atoms with Gasteiger partial charge in [0.2, 0.25) is 0 Å². The number of amides is 1. The minimum absolute atomic E-state index is 0.0935. The molecule has 0 spiro atoms. The molecule has 1 saturated heterocycles. The number of rotatable bonds is 6. The smallest absolute Gasteiger partial charge is 0.256 e. The monoisotopic (exact) mass is 348 g/mol. The molecule has 0 saturated carbocycles. The average Bonchev–Trinajstić information content (AvgIpc) is 3.34. The lowest BCUT2D eigenvalue weighted by molar-refractivity contribution is 0.102. The number of carbonyl (C=O) groups is 1. The number of nitrogens with one attached hydrogen (secondary N) is 3. The summed E-state index contributed by atoms with van der Waals surface area (Å²) in [6.07, 6.45) is 4.46. The number of benzene rings is 2. The van der Waals surface area contributed by atoms with Crippen molar-refractivity contribution in [2.75, 3.05) is 36.8 Å². The van der Waals surface area contributed by atoms with Crippen LogP contribution >= 0.6 is 0 Å². The Bertz CT molecular complexity index is 896. The van der Waals surface area contributed by atoms with E-state index in [-0.39, 0.29) is 5.91 Å². The number of para-hydroxylation sites is 2. The van der Waals surface area contributed by atoms with E-state index in [2.05, 4.69) is 20.5 Å². The van der Waals surface area contributed by atoms with Crippen LogP contribution in [0.3, 0.4) is 0 Å². The van der Waals surface area contributed by atoms with Gasteiger partial charge >= 0.3 is 0 Å². The van der Waals surface area contributed by atoms with Crippen molar-refractivity contribution in [1.82, 2.24) is 9.88 Å². The fraction of sp³-hybridized carbons (Fsp3) is 0.286. The van der Waals surface area contributed by atoms with Gasteiger partial charge in [-0.05, 0) is 56.3 Å². The van der Waals surface area contributed by atoms with Gasteiger partial charge in [0.25, 0.3) is 5.91 Å². The molecule has 5 heteroatoms. The molecule has 5 nitrogen and oxygen atoms in total. The minimum Gasteiger partial charge on any atom is -0.382 e. The molecule has 3 aromatic rings. The number of aromatic amines is 1. The van der Waals surface area contributed by atoms with Crippen molar-refractivity contribution in [3.8, 4) is 0 Å². The van der Waals surface area contributed by atoms with Gasteiger partial charge < -0.3 is 20.5 Å². The van der Waals surface area contributed by atoms with Crippen molar-refractivity contribution in [1.29, 1.82) is 0 Å². The van der Waals surface area contributed by atoms with Crippen LogP contribution in [-0.4, -0.2) is 42.0 Å². The number of fused-ring (bicyclic) bond motifs is 1. The summed E-state index contributed by atoms with van der Waals surface area (Å²) in [5.74, 6) is -0.0935. The Labute approximate surface area is 153 Å². The molecule has 1 aliphatic heterocycles. The second-order valence-electron chi connectivity index (χ2n) is 6.72. The van der Waals surface area contributed by atoms with E-state index < -0.39 is 0 Å². The summed E-state index contributed by atoms with van der Waals surface area (Å²) in [6, 6.07) is 15.5. The van der Waals surface area contributed by atoms with Crippen molar-refractivity contribution < 1.29 is 4.79 Å². The molecular formula is C21H24N4O. The Morgan fingerprint density at radius 3 is 2.65 bits per heavy atom. The third kappa shape index (κ3) is 3.58. The standard InChI is InChI=1S/C21H24N4O/c26-21(17-6-5-9-18-16(17)10-11-22-18)24-20-8-2-1-7-19(20)23-12-15-25-13-3-4-14-25/h1-2,5-11,22-23H,3-4,12-15H2,(H,24,26). The highest BCUT2D eigenvalue weighted by Crippen LogP contribution is 2.24. The molecule has 3 N–H and O–H groups in total. The summed E-state index contributed by atoms with van der Waals surface area (Å²) >= 11 is 0. The topological polar surface area (TPSA) is 60.2 Å². The predicted molar refractivity (Wildman–Crippen MR) is 107 cm³/mol. The molecule has 2 heterocycles. The van der Waals surface area contributed by atoms with Crippen molar-refractivity contribution in [3.05, 3.63) is 60.3 Å². The van der Waals surface area contributed by atoms with Crippen LogP contribution in [0, 0.1) is 0 Å². The highest BCUT2D eigenvalue weighted by atomic mass is 16.1. The van der Waals surface area contributed by atoms with Crippen LogP contribution < -0.4 is 10.6 Å². The number of carbonyl (C=O) groups excluding carboxylic acids is 1. The van der Waals surface area contributed by atoms with Crippen molar-refractivity contribution >= 4 is 28.2 Å². The van der Waals surface area contributed by atoms with E-state index in [0.717, 1.165) is 35.4 Å². The summed E-state index contributed by atoms with van der Waals surface area (Å²) in [5.41, 5.74) is 3.41. The first-order valence-electron chi connectivity index (χ1n) is 9.24. The number of nitrogens with zero attached hydrogens (tertiary/aromatic N) is 1. The van der Waals surface area contributed by atoms with Crippen LogP contribution in [0.25, 0.3) is 10.9 Å². The lowest BCUT2D eigenvalue weighted by Crippen LogP contribution is -2.26. The highest BCUT2D eigenvalue weighted by molar-refractivity contribution is 6.13. The Hall–Kier alpha value is -2.79. The summed E-state index contributed by atoms with van der Waals surface area (Å²) in [6.45, 7) is 4.30. The minimum atomic E-state index is -0.0935. The fourth-order valence-corrected chi connectivity index (χ4v) is 3.57. The van der Waals surface area contributed by atoms with Gasteiger partial charge in [0.1, 0.15) is 0 Å². The van der Waals surface area contributed by atoms with Gasteiger partial charge in [-0.15, -0.1) is 0 Å². The first-order chi connectivity index (χ1) is 12.8. The molecule has 2 aromatic carbocycles. The Morgan fingerprint density at radius 2 is 1.81 bits per heavy atom. The van der Waals surface area contributed by atoms with Crippen molar-refractivity contribution in [2.45, 2.75) is 12.8 Å². The summed E-state index contributed by atoms with van der Waals surface area (Å²) in [5, 5.41) is 7.46. The van der Waals surface area contributed by atoms with Gasteiger partial charge in [-0.25, -0.2) is 0 Å². The quantitative estimate of drug-likeness (QED) is 0.633. The van der Waals surface area contributed by atoms with Gasteiger partial charge in [-0.2, -0.15) is 0 Å². The molecule has 0 radical (unpaired) electrons. The van der Waals surface area contributed by atoms with Crippen LogP contribution in [-0.2, 0) is 0 Å². The molecule has 1 amide bonds. The van der Waals surface area contributed by atoms with Crippen LogP contribution in [0.2, 0.25) is 0 Å². The summed E-state index contributed by atoms with van der Waals surface area (Å²) in [4.78, 5) is 18.4. The van der Waals surface area contributed by atoms with Gasteiger partial charge in [0, 0.05) is 35.8 Å². The van der Waals surface area contributed by atoms with E-state index >= 15 is 0 Å². The first kappa shape index (κ1) is 16.7. The Kier molecular flexibility index (Phi) is 4.88. The second-order valence-corrected chi connectivity index (χ2v) is 6.72. The van der Waals surface area contributed by atoms with Crippen LogP contribution in [0.4, 0.5) is 11.4 Å². The van der Waals surface area contributed by atoms with Crippen LogP contribution in [0.1, 0.15) is 23.2 Å². The van der Waals surface area contributed by atoms with E-state index in [9.17, 15) is 4.79 Å². The number of H-pyrrole nitrogens is 1. The van der Waals surface area contributed by atoms with Crippen LogP contribution in [0.5, 0.6) is 0 Å². The van der Waals surface area contributed by atoms with E-state index in [4.69, 9.17) is 0 Å². The SMILES string of the molecule is O=C(Nc1ccccc1NCCN1CCCC1)c1cccc2[nH]ccc12. The van der Waals surface area contributed by atoms with E-state index in [0.29, 0.717) is 5.56 Å². The van der Waals surface area contributed by atoms with Gasteiger partial charge in [0.15, 0.2) is 0 Å². The number of anilines is 2. The highest BCUT2D eigenvalue weighted by Gasteiger charge is 2.13. The lowest BCUT2D eigenvalue weighted by Gasteiger charge is -2.17. The molecule has 4 rings (SSSR count). The fourth-order valence-electron chi connectivity index (χ4n) is 3.57. The molecule has 0 unspecified atom stereocenters. The molecule has 26 heavy (non-hydrogen) atoms. The molecule has 1 aromatic heterocycles. The summed E-state index contributed by atoms with van der Waals surface area (Å²) < 4.78 is 0. The van der Waals surface area contributed by atoms with E-state index in [1.54, 1.807) is 0 Å². The first-order valence-corrected chi connectivity index (χ1v) is 9.24. The number of aromatic nitrogens is 1. The lowest BCUT2D eigenvalue weighted by atomic mass is 10.1. The number of hydrogen-bond acceptors (Lipinski definition) is 3. The molecule has 1 aliphatic rings. The Morgan fingerprint density at radius 1 is 1.00 bits per heavy atom. The maximum absolute atomic E-state index is 12.8. The zero-order valence-electron chi connectivity index (χ0n) is 14.8. The molecule has 0 atom stereocenters. The zero-order valence-corrected chi connectivity index (χ0v) is 14.8. The van der Waals surface area contributed by atoms with Crippen molar-refractivity contribution in [3.63, 3.8) is 0 Å². The molecular weight excluding hydrogens is 324 g/mol. The normalized spacial score (nSPS) is 14.6. The molecule has 0 bridgehead atoms. The molecule has 1 fully saturated rings. The maximum Gasteiger partial charge on any atom is 0.256 e. The van der Waals surface area contributed by atoms with Gasteiger partial charge in [-0.3, -0.25) is 4.79 Å². The number of likely N-dealkylation sites (tertiary alicyclic amines) is 1. The second kappa shape index (κ2) is 7.62. The maximum atomic E-state index is 12.8. The van der Waals surface area contributed by atoms with Gasteiger partial charge in [-0.1, -0.05) is 18.2 Å². The third-order valence-corrected chi connectivity index (χ3v) is 4.96. The largest absolute Gasteiger partial charge is 0.382 e. The van der Waals surface area contributed by atoms with E-state index in [1.807, 2.05) is 54.7 Å².